The Labute approximate surface area is 147 Å². The second kappa shape index (κ2) is 6.53. The zero-order chi connectivity index (χ0) is 18.4. The van der Waals surface area contributed by atoms with Crippen LogP contribution < -0.4 is 15.1 Å². The molecule has 5 atom stereocenters. The molecular weight excluding hydrogens is 348 g/mol. The van der Waals surface area contributed by atoms with E-state index in [2.05, 4.69) is 0 Å². The summed E-state index contributed by atoms with van der Waals surface area (Å²) in [7, 11) is 0. The summed E-state index contributed by atoms with van der Waals surface area (Å²) in [5, 5.41) is 39.9. The number of aliphatic hydroxyl groups is 4. The molecule has 3 heterocycles. The van der Waals surface area contributed by atoms with Crippen molar-refractivity contribution in [3.05, 3.63) is 34.2 Å². The average molecular weight is 366 g/mol. The molecule has 2 aromatic rings. The molecule has 0 spiro atoms. The van der Waals surface area contributed by atoms with Gasteiger partial charge in [-0.15, -0.1) is 0 Å². The van der Waals surface area contributed by atoms with Gasteiger partial charge in [-0.1, -0.05) is 0 Å². The van der Waals surface area contributed by atoms with E-state index in [4.69, 9.17) is 18.6 Å². The van der Waals surface area contributed by atoms with Crippen molar-refractivity contribution < 1.29 is 39.1 Å². The molecule has 2 aliphatic rings. The Morgan fingerprint density at radius 1 is 1.15 bits per heavy atom. The Kier molecular flexibility index (Phi) is 4.33. The number of benzene rings is 1. The molecule has 1 aromatic heterocycles. The fraction of sp³-hybridized carbons (Fsp3) is 0.471. The lowest BCUT2D eigenvalue weighted by Gasteiger charge is -2.39. The standard InChI is InChI=1S/C17H18O9/c18-6-9-11(20)12(21)13(22)17(24-9)26-16-14-8(3-4-23-14)5-7-1-2-10(19)25-15(7)16/h1-2,5,9,11-13,17-18,20-22H,3-4,6H2/t9-,11-,12+,13-,17+/m1/s1. The summed E-state index contributed by atoms with van der Waals surface area (Å²) < 4.78 is 21.9. The largest absolute Gasteiger partial charge is 0.489 e. The molecule has 0 bridgehead atoms. The summed E-state index contributed by atoms with van der Waals surface area (Å²) in [5.41, 5.74) is 0.371. The molecule has 4 N–H and O–H groups in total. The number of hydrogen-bond donors (Lipinski definition) is 4. The van der Waals surface area contributed by atoms with Gasteiger partial charge in [0.05, 0.1) is 13.2 Å². The normalized spacial score (nSPS) is 30.8. The van der Waals surface area contributed by atoms with Crippen molar-refractivity contribution >= 4 is 11.0 Å². The summed E-state index contributed by atoms with van der Waals surface area (Å²) >= 11 is 0. The van der Waals surface area contributed by atoms with Crippen molar-refractivity contribution in [2.24, 2.45) is 0 Å². The third-order valence-corrected chi connectivity index (χ3v) is 4.60. The molecule has 4 rings (SSSR count). The number of fused-ring (bicyclic) bond motifs is 2. The maximum Gasteiger partial charge on any atom is 0.336 e. The zero-order valence-electron chi connectivity index (χ0n) is 13.6. The molecule has 0 unspecified atom stereocenters. The lowest BCUT2D eigenvalue weighted by atomic mass is 9.99. The van der Waals surface area contributed by atoms with Crippen molar-refractivity contribution in [3.8, 4) is 11.5 Å². The van der Waals surface area contributed by atoms with Gasteiger partial charge in [-0.05, 0) is 12.1 Å². The van der Waals surface area contributed by atoms with Gasteiger partial charge < -0.3 is 39.1 Å². The van der Waals surface area contributed by atoms with Crippen LogP contribution in [0.15, 0.2) is 27.4 Å². The van der Waals surface area contributed by atoms with Crippen LogP contribution in [0.1, 0.15) is 5.56 Å². The highest BCUT2D eigenvalue weighted by atomic mass is 16.7. The van der Waals surface area contributed by atoms with Gasteiger partial charge in [0.1, 0.15) is 24.4 Å². The van der Waals surface area contributed by atoms with Crippen molar-refractivity contribution in [2.45, 2.75) is 37.1 Å². The summed E-state index contributed by atoms with van der Waals surface area (Å²) in [6.45, 7) is -0.162. The van der Waals surface area contributed by atoms with Gasteiger partial charge in [-0.25, -0.2) is 4.79 Å². The lowest BCUT2D eigenvalue weighted by Crippen LogP contribution is -2.60. The highest BCUT2D eigenvalue weighted by Crippen LogP contribution is 2.43. The van der Waals surface area contributed by atoms with Crippen molar-refractivity contribution in [1.82, 2.24) is 0 Å². The minimum atomic E-state index is -1.59. The highest BCUT2D eigenvalue weighted by molar-refractivity contribution is 5.87. The van der Waals surface area contributed by atoms with Gasteiger partial charge in [0.2, 0.25) is 12.0 Å². The predicted molar refractivity (Wildman–Crippen MR) is 86.1 cm³/mol. The van der Waals surface area contributed by atoms with Gasteiger partial charge in [-0.3, -0.25) is 0 Å². The van der Waals surface area contributed by atoms with E-state index in [0.717, 1.165) is 5.56 Å². The number of ether oxygens (including phenoxy) is 3. The topological polar surface area (TPSA) is 139 Å². The fourth-order valence-electron chi connectivity index (χ4n) is 3.22. The summed E-state index contributed by atoms with van der Waals surface area (Å²) in [5.74, 6) is 0.431. The molecule has 1 aromatic carbocycles. The zero-order valence-corrected chi connectivity index (χ0v) is 13.6. The molecule has 0 aliphatic carbocycles. The number of rotatable bonds is 3. The van der Waals surface area contributed by atoms with Crippen LogP contribution in [0, 0.1) is 0 Å². The molecule has 0 saturated carbocycles. The predicted octanol–water partition coefficient (Wildman–Crippen LogP) is -1.09. The van der Waals surface area contributed by atoms with E-state index in [0.29, 0.717) is 24.2 Å². The van der Waals surface area contributed by atoms with Gasteiger partial charge >= 0.3 is 5.63 Å². The van der Waals surface area contributed by atoms with Crippen LogP contribution in [0.5, 0.6) is 11.5 Å². The summed E-state index contributed by atoms with van der Waals surface area (Å²) in [4.78, 5) is 11.6. The van der Waals surface area contributed by atoms with Gasteiger partial charge in [-0.2, -0.15) is 0 Å². The second-order valence-electron chi connectivity index (χ2n) is 6.28. The van der Waals surface area contributed by atoms with E-state index < -0.39 is 42.9 Å². The van der Waals surface area contributed by atoms with Crippen molar-refractivity contribution in [1.29, 1.82) is 0 Å². The van der Waals surface area contributed by atoms with E-state index in [9.17, 15) is 25.2 Å². The molecule has 0 amide bonds. The molecule has 9 heteroatoms. The first-order chi connectivity index (χ1) is 12.5. The minimum Gasteiger partial charge on any atom is -0.489 e. The monoisotopic (exact) mass is 366 g/mol. The van der Waals surface area contributed by atoms with Crippen LogP contribution in [0.3, 0.4) is 0 Å². The first-order valence-electron chi connectivity index (χ1n) is 8.19. The SMILES string of the molecule is O=c1ccc2cc3c(c(O[C@@H]4O[C@H](CO)[C@@H](O)[C@H](O)[C@H]4O)c2o1)OCC3. The number of aliphatic hydroxyl groups excluding tert-OH is 4. The van der Waals surface area contributed by atoms with Gasteiger partial charge in [0.25, 0.3) is 0 Å². The molecule has 26 heavy (non-hydrogen) atoms. The lowest BCUT2D eigenvalue weighted by molar-refractivity contribution is -0.277. The van der Waals surface area contributed by atoms with Crippen LogP contribution in [-0.2, 0) is 11.2 Å². The van der Waals surface area contributed by atoms with E-state index in [-0.39, 0.29) is 11.3 Å². The third-order valence-electron chi connectivity index (χ3n) is 4.60. The molecule has 0 radical (unpaired) electrons. The Balaban J connectivity index is 1.77. The molecule has 2 aliphatic heterocycles. The van der Waals surface area contributed by atoms with Crippen LogP contribution in [0.4, 0.5) is 0 Å². The molecule has 140 valence electrons. The summed E-state index contributed by atoms with van der Waals surface area (Å²) in [6.07, 6.45) is -6.56. The van der Waals surface area contributed by atoms with Crippen LogP contribution in [0.2, 0.25) is 0 Å². The molecule has 1 fully saturated rings. The van der Waals surface area contributed by atoms with Crippen LogP contribution in [-0.4, -0.2) is 64.3 Å². The Hall–Kier alpha value is -2.17. The van der Waals surface area contributed by atoms with Crippen molar-refractivity contribution in [3.63, 3.8) is 0 Å². The first kappa shape index (κ1) is 17.3. The third kappa shape index (κ3) is 2.74. The quantitative estimate of drug-likeness (QED) is 0.499. The van der Waals surface area contributed by atoms with Gasteiger partial charge in [0.15, 0.2) is 11.3 Å². The van der Waals surface area contributed by atoms with Crippen LogP contribution in [0.25, 0.3) is 11.0 Å². The molecule has 1 saturated heterocycles. The highest BCUT2D eigenvalue weighted by Gasteiger charge is 2.45. The Morgan fingerprint density at radius 3 is 2.73 bits per heavy atom. The van der Waals surface area contributed by atoms with E-state index >= 15 is 0 Å². The van der Waals surface area contributed by atoms with E-state index in [1.54, 1.807) is 6.07 Å². The maximum absolute atomic E-state index is 11.6. The smallest absolute Gasteiger partial charge is 0.336 e. The first-order valence-corrected chi connectivity index (χ1v) is 8.19. The van der Waals surface area contributed by atoms with Crippen molar-refractivity contribution in [2.75, 3.05) is 13.2 Å². The second-order valence-corrected chi connectivity index (χ2v) is 6.28. The minimum absolute atomic E-state index is 0.0667. The van der Waals surface area contributed by atoms with E-state index in [1.165, 1.54) is 6.07 Å². The average Bonchev–Trinajstić information content (AvgIpc) is 3.10. The fourth-order valence-corrected chi connectivity index (χ4v) is 3.22. The van der Waals surface area contributed by atoms with E-state index in [1.807, 2.05) is 6.07 Å². The number of hydrogen-bond acceptors (Lipinski definition) is 9. The summed E-state index contributed by atoms with van der Waals surface area (Å²) in [6, 6.07) is 4.68. The molecule has 9 nitrogen and oxygen atoms in total. The van der Waals surface area contributed by atoms with Crippen LogP contribution >= 0.6 is 0 Å². The Morgan fingerprint density at radius 2 is 1.96 bits per heavy atom. The Bertz CT molecular complexity index is 874. The van der Waals surface area contributed by atoms with Gasteiger partial charge in [0, 0.05) is 23.4 Å². The maximum atomic E-state index is 11.6. The molecular formula is C17H18O9.